The van der Waals surface area contributed by atoms with Crippen molar-refractivity contribution in [2.24, 2.45) is 0 Å². The van der Waals surface area contributed by atoms with Crippen LogP contribution in [-0.4, -0.2) is 37.4 Å². The SMILES string of the molecule is CCOCCOCCOC(=S)S.[Ni]. The van der Waals surface area contributed by atoms with E-state index in [1.807, 2.05) is 6.92 Å². The summed E-state index contributed by atoms with van der Waals surface area (Å²) in [4.78, 5) is 0. The van der Waals surface area contributed by atoms with E-state index in [0.29, 0.717) is 26.4 Å². The molecule has 0 amide bonds. The fraction of sp³-hybridized carbons (Fsp3) is 0.857. The van der Waals surface area contributed by atoms with Crippen LogP contribution in [0.25, 0.3) is 0 Å². The van der Waals surface area contributed by atoms with Crippen LogP contribution in [0.4, 0.5) is 0 Å². The van der Waals surface area contributed by atoms with Crippen LogP contribution in [0.5, 0.6) is 0 Å². The molecule has 0 aliphatic rings. The van der Waals surface area contributed by atoms with Gasteiger partial charge in [0.15, 0.2) is 0 Å². The standard InChI is InChI=1S/C7H14O3S2.Ni/c1-2-8-3-4-9-5-6-10-7(11)12;/h2-6H2,1H3,(H,11,12);. The van der Waals surface area contributed by atoms with E-state index < -0.39 is 0 Å². The molecule has 0 saturated carbocycles. The summed E-state index contributed by atoms with van der Waals surface area (Å²) in [5.74, 6) is 0. The Labute approximate surface area is 99.8 Å². The molecule has 0 unspecified atom stereocenters. The molecule has 0 heterocycles. The first-order chi connectivity index (χ1) is 5.77. The average Bonchev–Trinajstić information content (AvgIpc) is 2.02. The van der Waals surface area contributed by atoms with Crippen LogP contribution in [0.3, 0.4) is 0 Å². The quantitative estimate of drug-likeness (QED) is 0.326. The van der Waals surface area contributed by atoms with E-state index in [1.165, 1.54) is 0 Å². The Morgan fingerprint density at radius 2 is 1.69 bits per heavy atom. The predicted octanol–water partition coefficient (Wildman–Crippen LogP) is 1.27. The monoisotopic (exact) mass is 268 g/mol. The molecule has 0 aromatic carbocycles. The average molecular weight is 269 g/mol. The number of hydrogen-bond acceptors (Lipinski definition) is 4. The molecule has 0 aromatic heterocycles. The first kappa shape index (κ1) is 16.1. The van der Waals surface area contributed by atoms with E-state index in [0.717, 1.165) is 6.61 Å². The van der Waals surface area contributed by atoms with Gasteiger partial charge in [-0.2, -0.15) is 0 Å². The largest absolute Gasteiger partial charge is 0.476 e. The third kappa shape index (κ3) is 15.4. The normalized spacial score (nSPS) is 9.08. The molecule has 0 N–H and O–H groups in total. The van der Waals surface area contributed by atoms with E-state index in [1.54, 1.807) is 0 Å². The smallest absolute Gasteiger partial charge is 0.216 e. The van der Waals surface area contributed by atoms with Crippen LogP contribution >= 0.6 is 24.8 Å². The molecule has 0 aromatic rings. The number of rotatable bonds is 7. The molecular formula is C7H14NiO3S2. The molecule has 82 valence electrons. The Kier molecular flexibility index (Phi) is 15.7. The minimum absolute atomic E-state index is 0. The van der Waals surface area contributed by atoms with Crippen LogP contribution in [0, 0.1) is 0 Å². The van der Waals surface area contributed by atoms with Crippen molar-refractivity contribution in [2.45, 2.75) is 6.92 Å². The fourth-order valence-corrected chi connectivity index (χ4v) is 0.727. The van der Waals surface area contributed by atoms with Gasteiger partial charge in [-0.15, -0.1) is 0 Å². The minimum Gasteiger partial charge on any atom is -0.476 e. The van der Waals surface area contributed by atoms with Crippen molar-refractivity contribution in [1.29, 1.82) is 0 Å². The van der Waals surface area contributed by atoms with Crippen molar-refractivity contribution in [3.63, 3.8) is 0 Å². The van der Waals surface area contributed by atoms with Gasteiger partial charge in [0, 0.05) is 23.1 Å². The Morgan fingerprint density at radius 3 is 2.23 bits per heavy atom. The molecule has 0 saturated heterocycles. The van der Waals surface area contributed by atoms with Gasteiger partial charge in [0.05, 0.1) is 19.8 Å². The maximum atomic E-state index is 5.14. The number of thiocarbonyl (C=S) groups is 1. The molecule has 13 heavy (non-hydrogen) atoms. The molecule has 0 spiro atoms. The molecular weight excluding hydrogens is 255 g/mol. The summed E-state index contributed by atoms with van der Waals surface area (Å²) < 4.78 is 15.3. The van der Waals surface area contributed by atoms with E-state index in [2.05, 4.69) is 24.8 Å². The molecule has 0 radical (unpaired) electrons. The summed E-state index contributed by atoms with van der Waals surface area (Å²) in [5.41, 5.74) is 0. The van der Waals surface area contributed by atoms with Gasteiger partial charge in [-0.25, -0.2) is 0 Å². The maximum Gasteiger partial charge on any atom is 0.216 e. The van der Waals surface area contributed by atoms with E-state index >= 15 is 0 Å². The first-order valence-corrected chi connectivity index (χ1v) is 4.64. The summed E-state index contributed by atoms with van der Waals surface area (Å²) >= 11 is 8.36. The number of thiol groups is 1. The molecule has 0 rings (SSSR count). The van der Waals surface area contributed by atoms with Crippen molar-refractivity contribution in [2.75, 3.05) is 33.0 Å². The van der Waals surface area contributed by atoms with Gasteiger partial charge in [0.2, 0.25) is 4.38 Å². The Morgan fingerprint density at radius 1 is 1.15 bits per heavy atom. The third-order valence-electron chi connectivity index (χ3n) is 1.03. The Hall–Kier alpha value is 0.654. The van der Waals surface area contributed by atoms with Crippen molar-refractivity contribution in [3.05, 3.63) is 0 Å². The minimum atomic E-state index is 0. The third-order valence-corrected chi connectivity index (χ3v) is 1.28. The van der Waals surface area contributed by atoms with Gasteiger partial charge in [-0.1, -0.05) is 12.6 Å². The summed E-state index contributed by atoms with van der Waals surface area (Å²) in [7, 11) is 0. The van der Waals surface area contributed by atoms with Gasteiger partial charge in [0.1, 0.15) is 6.61 Å². The van der Waals surface area contributed by atoms with Crippen molar-refractivity contribution >= 4 is 29.2 Å². The van der Waals surface area contributed by atoms with Crippen molar-refractivity contribution < 1.29 is 30.7 Å². The second kappa shape index (κ2) is 12.7. The Bertz CT molecular complexity index is 124. The first-order valence-electron chi connectivity index (χ1n) is 3.78. The zero-order valence-corrected chi connectivity index (χ0v) is 10.1. The summed E-state index contributed by atoms with van der Waals surface area (Å²) in [5, 5.41) is 0. The van der Waals surface area contributed by atoms with Crippen LogP contribution in [-0.2, 0) is 30.7 Å². The van der Waals surface area contributed by atoms with E-state index in [9.17, 15) is 0 Å². The number of hydrogen-bond donors (Lipinski definition) is 1. The van der Waals surface area contributed by atoms with Crippen LogP contribution < -0.4 is 0 Å². The second-order valence-electron chi connectivity index (χ2n) is 1.92. The summed E-state index contributed by atoms with van der Waals surface area (Å²) in [6, 6.07) is 0. The molecule has 0 fully saturated rings. The van der Waals surface area contributed by atoms with Gasteiger partial charge in [-0.05, 0) is 19.1 Å². The Balaban J connectivity index is 0. The fourth-order valence-electron chi connectivity index (χ4n) is 0.552. The molecule has 0 atom stereocenters. The van der Waals surface area contributed by atoms with Gasteiger partial charge in [0.25, 0.3) is 0 Å². The van der Waals surface area contributed by atoms with E-state index in [-0.39, 0.29) is 20.9 Å². The molecule has 3 nitrogen and oxygen atoms in total. The zero-order valence-electron chi connectivity index (χ0n) is 7.43. The van der Waals surface area contributed by atoms with Gasteiger partial charge < -0.3 is 14.2 Å². The maximum absolute atomic E-state index is 5.14. The van der Waals surface area contributed by atoms with Gasteiger partial charge in [-0.3, -0.25) is 0 Å². The zero-order chi connectivity index (χ0) is 9.23. The molecule has 0 aliphatic carbocycles. The topological polar surface area (TPSA) is 27.7 Å². The second-order valence-corrected chi connectivity index (χ2v) is 3.00. The summed E-state index contributed by atoms with van der Waals surface area (Å²) in [6.45, 7) is 4.86. The van der Waals surface area contributed by atoms with Gasteiger partial charge >= 0.3 is 0 Å². The molecule has 0 bridgehead atoms. The van der Waals surface area contributed by atoms with Crippen molar-refractivity contribution in [3.8, 4) is 0 Å². The van der Waals surface area contributed by atoms with E-state index in [4.69, 9.17) is 14.2 Å². The molecule has 0 aliphatic heterocycles. The predicted molar refractivity (Wildman–Crippen MR) is 54.8 cm³/mol. The van der Waals surface area contributed by atoms with Crippen molar-refractivity contribution in [1.82, 2.24) is 0 Å². The number of ether oxygens (including phenoxy) is 3. The molecule has 6 heteroatoms. The summed E-state index contributed by atoms with van der Waals surface area (Å²) in [6.07, 6.45) is 0. The van der Waals surface area contributed by atoms with Crippen LogP contribution in [0.1, 0.15) is 6.92 Å². The van der Waals surface area contributed by atoms with Crippen LogP contribution in [0.2, 0.25) is 0 Å². The van der Waals surface area contributed by atoms with Crippen LogP contribution in [0.15, 0.2) is 0 Å².